The summed E-state index contributed by atoms with van der Waals surface area (Å²) in [5.41, 5.74) is 6.45. The predicted molar refractivity (Wildman–Crippen MR) is 84.3 cm³/mol. The van der Waals surface area contributed by atoms with Gasteiger partial charge in [-0.2, -0.15) is 5.26 Å². The first-order valence-corrected chi connectivity index (χ1v) is 7.16. The van der Waals surface area contributed by atoms with Gasteiger partial charge in [-0.25, -0.2) is 9.18 Å². The van der Waals surface area contributed by atoms with Crippen LogP contribution in [0.15, 0.2) is 41.0 Å². The van der Waals surface area contributed by atoms with Gasteiger partial charge in [-0.1, -0.05) is 5.92 Å². The van der Waals surface area contributed by atoms with Crippen LogP contribution in [0.4, 0.5) is 4.39 Å². The van der Waals surface area contributed by atoms with E-state index in [9.17, 15) is 14.4 Å². The molecule has 122 valence electrons. The minimum atomic E-state index is -0.954. The highest BCUT2D eigenvalue weighted by atomic mass is 19.1. The Kier molecular flexibility index (Phi) is 4.91. The molecule has 0 radical (unpaired) electrons. The molecule has 6 heteroatoms. The molecule has 2 rings (SSSR count). The van der Waals surface area contributed by atoms with E-state index in [1.54, 1.807) is 6.92 Å². The number of ether oxygens (including phenoxy) is 2. The van der Waals surface area contributed by atoms with Crippen molar-refractivity contribution >= 4 is 5.97 Å². The van der Waals surface area contributed by atoms with E-state index in [1.165, 1.54) is 25.1 Å². The molecule has 0 spiro atoms. The second-order valence-corrected chi connectivity index (χ2v) is 4.99. The molecule has 24 heavy (non-hydrogen) atoms. The zero-order valence-electron chi connectivity index (χ0n) is 13.2. The van der Waals surface area contributed by atoms with Crippen LogP contribution in [0.25, 0.3) is 0 Å². The van der Waals surface area contributed by atoms with E-state index < -0.39 is 17.7 Å². The minimum Gasteiger partial charge on any atom is -0.463 e. The summed E-state index contributed by atoms with van der Waals surface area (Å²) in [5, 5.41) is 9.45. The fourth-order valence-electron chi connectivity index (χ4n) is 2.57. The number of benzene rings is 1. The number of halogens is 1. The molecule has 1 atom stereocenters. The molecule has 1 aliphatic rings. The highest BCUT2D eigenvalue weighted by Crippen LogP contribution is 2.40. The van der Waals surface area contributed by atoms with E-state index in [2.05, 4.69) is 5.92 Å². The van der Waals surface area contributed by atoms with Crippen molar-refractivity contribution in [2.24, 2.45) is 5.73 Å². The van der Waals surface area contributed by atoms with Gasteiger partial charge in [0.2, 0.25) is 5.88 Å². The second kappa shape index (κ2) is 6.89. The Morgan fingerprint density at radius 1 is 1.54 bits per heavy atom. The number of esters is 1. The van der Waals surface area contributed by atoms with Crippen molar-refractivity contribution in [3.63, 3.8) is 0 Å². The number of hydrogen-bond acceptors (Lipinski definition) is 5. The molecule has 1 aromatic carbocycles. The van der Waals surface area contributed by atoms with E-state index in [0.717, 1.165) is 0 Å². The van der Waals surface area contributed by atoms with Crippen molar-refractivity contribution in [3.8, 4) is 18.4 Å². The largest absolute Gasteiger partial charge is 0.463 e. The average Bonchev–Trinajstić information content (AvgIpc) is 2.54. The Hall–Kier alpha value is -3.25. The Morgan fingerprint density at radius 3 is 2.83 bits per heavy atom. The SMILES string of the molecule is C#Cc1ccc(F)cc1C1C(C#N)=C(N)OC(C)=C1C(=O)OCC. The fourth-order valence-corrected chi connectivity index (χ4v) is 2.57. The lowest BCUT2D eigenvalue weighted by Gasteiger charge is -2.27. The first kappa shape index (κ1) is 17.1. The van der Waals surface area contributed by atoms with Gasteiger partial charge >= 0.3 is 5.97 Å². The van der Waals surface area contributed by atoms with Crippen LogP contribution in [-0.4, -0.2) is 12.6 Å². The quantitative estimate of drug-likeness (QED) is 0.681. The van der Waals surface area contributed by atoms with Crippen LogP contribution in [0, 0.1) is 29.5 Å². The Labute approximate surface area is 139 Å². The Balaban J connectivity index is 2.75. The molecule has 5 nitrogen and oxygen atoms in total. The summed E-state index contributed by atoms with van der Waals surface area (Å²) in [4.78, 5) is 12.4. The number of carbonyl (C=O) groups is 1. The van der Waals surface area contributed by atoms with Crippen molar-refractivity contribution < 1.29 is 18.7 Å². The molecule has 0 fully saturated rings. The summed E-state index contributed by atoms with van der Waals surface area (Å²) >= 11 is 0. The maximum absolute atomic E-state index is 13.8. The lowest BCUT2D eigenvalue weighted by molar-refractivity contribution is -0.139. The smallest absolute Gasteiger partial charge is 0.338 e. The number of nitrogens with zero attached hydrogens (tertiary/aromatic N) is 1. The summed E-state index contributed by atoms with van der Waals surface area (Å²) in [6.45, 7) is 3.31. The summed E-state index contributed by atoms with van der Waals surface area (Å²) in [7, 11) is 0. The van der Waals surface area contributed by atoms with Crippen molar-refractivity contribution in [1.29, 1.82) is 5.26 Å². The third-order valence-electron chi connectivity index (χ3n) is 3.58. The van der Waals surface area contributed by atoms with Crippen LogP contribution < -0.4 is 5.73 Å². The van der Waals surface area contributed by atoms with Gasteiger partial charge in [-0.3, -0.25) is 0 Å². The van der Waals surface area contributed by atoms with Crippen LogP contribution in [0.5, 0.6) is 0 Å². The monoisotopic (exact) mass is 326 g/mol. The van der Waals surface area contributed by atoms with Crippen molar-refractivity contribution in [1.82, 2.24) is 0 Å². The van der Waals surface area contributed by atoms with E-state index in [1.807, 2.05) is 6.07 Å². The molecule has 0 amide bonds. The number of hydrogen-bond donors (Lipinski definition) is 1. The minimum absolute atomic E-state index is 0.0225. The molecular weight excluding hydrogens is 311 g/mol. The predicted octanol–water partition coefficient (Wildman–Crippen LogP) is 2.45. The highest BCUT2D eigenvalue weighted by Gasteiger charge is 2.37. The molecule has 0 aliphatic carbocycles. The zero-order valence-corrected chi connectivity index (χ0v) is 13.2. The number of rotatable bonds is 3. The molecule has 0 saturated heterocycles. The summed E-state index contributed by atoms with van der Waals surface area (Å²) < 4.78 is 24.1. The fraction of sp³-hybridized carbons (Fsp3) is 0.222. The van der Waals surface area contributed by atoms with Gasteiger partial charge in [0.1, 0.15) is 23.2 Å². The third-order valence-corrected chi connectivity index (χ3v) is 3.58. The summed E-state index contributed by atoms with van der Waals surface area (Å²) in [5.74, 6) is 0.284. The molecule has 1 unspecified atom stereocenters. The molecule has 0 saturated carbocycles. The molecule has 1 heterocycles. The van der Waals surface area contributed by atoms with Gasteiger partial charge in [0.25, 0.3) is 0 Å². The van der Waals surface area contributed by atoms with Gasteiger partial charge in [0.15, 0.2) is 0 Å². The Morgan fingerprint density at radius 2 is 2.25 bits per heavy atom. The number of nitrogens with two attached hydrogens (primary N) is 1. The maximum Gasteiger partial charge on any atom is 0.338 e. The lowest BCUT2D eigenvalue weighted by atomic mass is 9.81. The first-order valence-electron chi connectivity index (χ1n) is 7.16. The van der Waals surface area contributed by atoms with E-state index in [0.29, 0.717) is 5.56 Å². The number of allylic oxidation sites excluding steroid dienone is 2. The van der Waals surface area contributed by atoms with Crippen molar-refractivity contribution in [2.45, 2.75) is 19.8 Å². The highest BCUT2D eigenvalue weighted by molar-refractivity contribution is 5.92. The molecule has 0 bridgehead atoms. The third kappa shape index (κ3) is 2.95. The lowest BCUT2D eigenvalue weighted by Crippen LogP contribution is -2.26. The van der Waals surface area contributed by atoms with Crippen LogP contribution >= 0.6 is 0 Å². The molecule has 1 aromatic rings. The molecule has 2 N–H and O–H groups in total. The normalized spacial score (nSPS) is 17.0. The molecule has 1 aliphatic heterocycles. The zero-order chi connectivity index (χ0) is 17.9. The van der Waals surface area contributed by atoms with Crippen LogP contribution in [0.2, 0.25) is 0 Å². The van der Waals surface area contributed by atoms with Crippen LogP contribution in [0.3, 0.4) is 0 Å². The van der Waals surface area contributed by atoms with Gasteiger partial charge < -0.3 is 15.2 Å². The van der Waals surface area contributed by atoms with Crippen LogP contribution in [-0.2, 0) is 14.3 Å². The van der Waals surface area contributed by atoms with Gasteiger partial charge in [0, 0.05) is 5.56 Å². The summed E-state index contributed by atoms with van der Waals surface area (Å²) in [6, 6.07) is 5.71. The molecule has 0 aromatic heterocycles. The second-order valence-electron chi connectivity index (χ2n) is 4.99. The van der Waals surface area contributed by atoms with E-state index >= 15 is 0 Å². The van der Waals surface area contributed by atoms with Crippen molar-refractivity contribution in [3.05, 3.63) is 57.9 Å². The Bertz CT molecular complexity index is 841. The maximum atomic E-state index is 13.8. The first-order chi connectivity index (χ1) is 11.4. The average molecular weight is 326 g/mol. The number of nitriles is 1. The van der Waals surface area contributed by atoms with Crippen LogP contribution in [0.1, 0.15) is 30.9 Å². The van der Waals surface area contributed by atoms with Gasteiger partial charge in [-0.05, 0) is 37.6 Å². The van der Waals surface area contributed by atoms with Crippen molar-refractivity contribution in [2.75, 3.05) is 6.61 Å². The number of terminal acetylenes is 1. The van der Waals surface area contributed by atoms with E-state index in [4.69, 9.17) is 21.6 Å². The molecular formula is C18H15FN2O3. The van der Waals surface area contributed by atoms with E-state index in [-0.39, 0.29) is 35.0 Å². The topological polar surface area (TPSA) is 85.3 Å². The summed E-state index contributed by atoms with van der Waals surface area (Å²) in [6.07, 6.45) is 5.48. The van der Waals surface area contributed by atoms with Gasteiger partial charge in [0.05, 0.1) is 18.1 Å². The van der Waals surface area contributed by atoms with Gasteiger partial charge in [-0.15, -0.1) is 6.42 Å². The number of carbonyl (C=O) groups excluding carboxylic acids is 1. The standard InChI is InChI=1S/C18H15FN2O3/c1-4-11-6-7-12(19)8-13(11)16-14(9-20)17(21)24-10(3)15(16)18(22)23-5-2/h1,6-8,16H,5,21H2,2-3H3.